The molecular weight excluding hydrogens is 419 g/mol. The predicted molar refractivity (Wildman–Crippen MR) is 110 cm³/mol. The minimum absolute atomic E-state index is 0.129. The van der Waals surface area contributed by atoms with Gasteiger partial charge in [-0.25, -0.2) is 8.42 Å². The van der Waals surface area contributed by atoms with E-state index < -0.39 is 33.4 Å². The Hall–Kier alpha value is -2.75. The lowest BCUT2D eigenvalue weighted by Gasteiger charge is -2.28. The first-order valence-corrected chi connectivity index (χ1v) is 11.1. The second kappa shape index (κ2) is 8.95. The van der Waals surface area contributed by atoms with E-state index in [9.17, 15) is 26.4 Å². The summed E-state index contributed by atoms with van der Waals surface area (Å²) < 4.78 is 65.0. The molecule has 2 N–H and O–H groups in total. The van der Waals surface area contributed by atoms with Gasteiger partial charge in [0, 0.05) is 30.2 Å². The largest absolute Gasteiger partial charge is 0.416 e. The maximum atomic E-state index is 12.7. The maximum Gasteiger partial charge on any atom is 0.416 e. The van der Waals surface area contributed by atoms with Crippen molar-refractivity contribution in [3.63, 3.8) is 0 Å². The molecule has 2 aromatic rings. The summed E-state index contributed by atoms with van der Waals surface area (Å²) in [6.45, 7) is 1.92. The first-order chi connectivity index (χ1) is 14.1. The molecule has 0 aliphatic carbocycles. The lowest BCUT2D eigenvalue weighted by molar-refractivity contribution is -0.137. The SMILES string of the molecule is O=C(CS(=O)(=O)Nc1ccc(N2CCCCC2)cc1)Nc1cccc(C(F)(F)F)c1. The average Bonchev–Trinajstić information content (AvgIpc) is 2.68. The highest BCUT2D eigenvalue weighted by Gasteiger charge is 2.30. The van der Waals surface area contributed by atoms with Gasteiger partial charge in [0.05, 0.1) is 5.56 Å². The maximum absolute atomic E-state index is 12.7. The van der Waals surface area contributed by atoms with E-state index in [2.05, 4.69) is 14.9 Å². The third-order valence-electron chi connectivity index (χ3n) is 4.66. The molecule has 1 aliphatic rings. The molecule has 3 rings (SSSR count). The number of halogens is 3. The van der Waals surface area contributed by atoms with Crippen molar-refractivity contribution < 1.29 is 26.4 Å². The normalized spacial score (nSPS) is 15.0. The third-order valence-corrected chi connectivity index (χ3v) is 5.85. The molecule has 1 heterocycles. The first kappa shape index (κ1) is 21.9. The van der Waals surface area contributed by atoms with Gasteiger partial charge in [0.2, 0.25) is 15.9 Å². The van der Waals surface area contributed by atoms with Crippen LogP contribution in [0.2, 0.25) is 0 Å². The van der Waals surface area contributed by atoms with Crippen molar-refractivity contribution in [3.8, 4) is 0 Å². The van der Waals surface area contributed by atoms with Gasteiger partial charge in [-0.15, -0.1) is 0 Å². The van der Waals surface area contributed by atoms with Crippen molar-refractivity contribution in [2.45, 2.75) is 25.4 Å². The molecule has 0 atom stereocenters. The molecule has 0 radical (unpaired) electrons. The summed E-state index contributed by atoms with van der Waals surface area (Å²) in [5, 5.41) is 2.18. The number of anilines is 3. The molecule has 30 heavy (non-hydrogen) atoms. The molecule has 1 fully saturated rings. The zero-order valence-electron chi connectivity index (χ0n) is 16.1. The second-order valence-electron chi connectivity index (χ2n) is 7.08. The number of nitrogens with zero attached hydrogens (tertiary/aromatic N) is 1. The molecule has 0 aromatic heterocycles. The Morgan fingerprint density at radius 2 is 1.63 bits per heavy atom. The lowest BCUT2D eigenvalue weighted by atomic mass is 10.1. The van der Waals surface area contributed by atoms with Gasteiger partial charge in [-0.3, -0.25) is 9.52 Å². The molecular formula is C20H22F3N3O3S. The van der Waals surface area contributed by atoms with Crippen LogP contribution in [0.3, 0.4) is 0 Å². The highest BCUT2D eigenvalue weighted by molar-refractivity contribution is 7.93. The monoisotopic (exact) mass is 441 g/mol. The van der Waals surface area contributed by atoms with E-state index in [1.54, 1.807) is 12.1 Å². The van der Waals surface area contributed by atoms with Crippen molar-refractivity contribution in [1.29, 1.82) is 0 Å². The van der Waals surface area contributed by atoms with Crippen LogP contribution in [0.15, 0.2) is 48.5 Å². The summed E-state index contributed by atoms with van der Waals surface area (Å²) >= 11 is 0. The predicted octanol–water partition coefficient (Wildman–Crippen LogP) is 4.08. The van der Waals surface area contributed by atoms with Gasteiger partial charge < -0.3 is 10.2 Å². The summed E-state index contributed by atoms with van der Waals surface area (Å²) in [6, 6.07) is 10.9. The molecule has 0 spiro atoms. The number of amides is 1. The van der Waals surface area contributed by atoms with Gasteiger partial charge >= 0.3 is 6.18 Å². The zero-order valence-corrected chi connectivity index (χ0v) is 16.9. The Balaban J connectivity index is 1.59. The fourth-order valence-corrected chi connectivity index (χ4v) is 4.24. The van der Waals surface area contributed by atoms with Gasteiger partial charge in [-0.05, 0) is 61.7 Å². The van der Waals surface area contributed by atoms with E-state index in [1.807, 2.05) is 12.1 Å². The number of hydrogen-bond acceptors (Lipinski definition) is 4. The standard InChI is InChI=1S/C20H22F3N3O3S/c21-20(22,23)15-5-4-6-17(13-15)24-19(27)14-30(28,29)25-16-7-9-18(10-8-16)26-11-2-1-3-12-26/h4-10,13,25H,1-3,11-12,14H2,(H,24,27). The summed E-state index contributed by atoms with van der Waals surface area (Å²) in [5.41, 5.74) is 0.244. The van der Waals surface area contributed by atoms with Gasteiger partial charge in [-0.1, -0.05) is 6.07 Å². The van der Waals surface area contributed by atoms with Crippen LogP contribution in [0.1, 0.15) is 24.8 Å². The molecule has 1 aliphatic heterocycles. The zero-order chi connectivity index (χ0) is 21.8. The van der Waals surface area contributed by atoms with Crippen LogP contribution in [0.5, 0.6) is 0 Å². The highest BCUT2D eigenvalue weighted by atomic mass is 32.2. The fraction of sp³-hybridized carbons (Fsp3) is 0.350. The van der Waals surface area contributed by atoms with E-state index in [0.717, 1.165) is 49.8 Å². The molecule has 1 saturated heterocycles. The number of alkyl halides is 3. The number of piperidine rings is 1. The van der Waals surface area contributed by atoms with Crippen LogP contribution in [0.4, 0.5) is 30.2 Å². The number of sulfonamides is 1. The van der Waals surface area contributed by atoms with Gasteiger partial charge in [-0.2, -0.15) is 13.2 Å². The summed E-state index contributed by atoms with van der Waals surface area (Å²) in [6.07, 6.45) is -1.11. The number of nitrogens with one attached hydrogen (secondary N) is 2. The minimum atomic E-state index is -4.56. The molecule has 162 valence electrons. The number of carbonyl (C=O) groups is 1. The Labute approximate surface area is 173 Å². The van der Waals surface area contributed by atoms with Crippen LogP contribution in [-0.2, 0) is 21.0 Å². The van der Waals surface area contributed by atoms with Crippen molar-refractivity contribution in [2.75, 3.05) is 33.8 Å². The molecule has 0 bridgehead atoms. The van der Waals surface area contributed by atoms with E-state index in [1.165, 1.54) is 12.5 Å². The van der Waals surface area contributed by atoms with Gasteiger partial charge in [0.25, 0.3) is 0 Å². The van der Waals surface area contributed by atoms with Crippen LogP contribution in [0, 0.1) is 0 Å². The Bertz CT molecular complexity index is 986. The average molecular weight is 441 g/mol. The lowest BCUT2D eigenvalue weighted by Crippen LogP contribution is -2.29. The van der Waals surface area contributed by atoms with Gasteiger partial charge in [0.1, 0.15) is 5.75 Å². The number of benzene rings is 2. The van der Waals surface area contributed by atoms with Crippen molar-refractivity contribution >= 4 is 33.0 Å². The van der Waals surface area contributed by atoms with Gasteiger partial charge in [0.15, 0.2) is 0 Å². The third kappa shape index (κ3) is 6.12. The van der Waals surface area contributed by atoms with Crippen molar-refractivity contribution in [3.05, 3.63) is 54.1 Å². The van der Waals surface area contributed by atoms with Crippen LogP contribution >= 0.6 is 0 Å². The van der Waals surface area contributed by atoms with E-state index in [4.69, 9.17) is 0 Å². The Morgan fingerprint density at radius 3 is 2.27 bits per heavy atom. The van der Waals surface area contributed by atoms with Crippen molar-refractivity contribution in [1.82, 2.24) is 0 Å². The Morgan fingerprint density at radius 1 is 0.967 bits per heavy atom. The topological polar surface area (TPSA) is 78.5 Å². The van der Waals surface area contributed by atoms with Crippen molar-refractivity contribution in [2.24, 2.45) is 0 Å². The van der Waals surface area contributed by atoms with Crippen LogP contribution < -0.4 is 14.9 Å². The molecule has 2 aromatic carbocycles. The van der Waals surface area contributed by atoms with E-state index in [-0.39, 0.29) is 5.69 Å². The smallest absolute Gasteiger partial charge is 0.372 e. The molecule has 1 amide bonds. The first-order valence-electron chi connectivity index (χ1n) is 9.45. The quantitative estimate of drug-likeness (QED) is 0.708. The minimum Gasteiger partial charge on any atom is -0.372 e. The molecule has 0 unspecified atom stereocenters. The fourth-order valence-electron chi connectivity index (χ4n) is 3.25. The summed E-state index contributed by atoms with van der Waals surface area (Å²) in [7, 11) is -4.03. The summed E-state index contributed by atoms with van der Waals surface area (Å²) in [4.78, 5) is 14.2. The number of carbonyl (C=O) groups excluding carboxylic acids is 1. The molecule has 6 nitrogen and oxygen atoms in total. The molecule has 10 heteroatoms. The number of hydrogen-bond donors (Lipinski definition) is 2. The van der Waals surface area contributed by atoms with Crippen LogP contribution in [0.25, 0.3) is 0 Å². The Kier molecular flexibility index (Phi) is 6.55. The van der Waals surface area contributed by atoms with E-state index in [0.29, 0.717) is 5.69 Å². The number of rotatable bonds is 6. The molecule has 0 saturated carbocycles. The van der Waals surface area contributed by atoms with E-state index >= 15 is 0 Å². The summed E-state index contributed by atoms with van der Waals surface area (Å²) in [5.74, 6) is -1.86. The second-order valence-corrected chi connectivity index (χ2v) is 8.80. The highest BCUT2D eigenvalue weighted by Crippen LogP contribution is 2.30. The van der Waals surface area contributed by atoms with Crippen LogP contribution in [-0.4, -0.2) is 33.2 Å².